The molecule has 4 nitrogen and oxygen atoms in total. The Bertz CT molecular complexity index is 713. The first-order chi connectivity index (χ1) is 10.4. The van der Waals surface area contributed by atoms with E-state index in [1.807, 2.05) is 19.9 Å². The van der Waals surface area contributed by atoms with E-state index in [4.69, 9.17) is 4.74 Å². The van der Waals surface area contributed by atoms with E-state index in [1.54, 1.807) is 19.1 Å². The van der Waals surface area contributed by atoms with Gasteiger partial charge in [-0.1, -0.05) is 19.1 Å². The van der Waals surface area contributed by atoms with Gasteiger partial charge in [0.05, 0.1) is 10.5 Å². The highest BCUT2D eigenvalue weighted by Gasteiger charge is 2.17. The maximum absolute atomic E-state index is 13.6. The summed E-state index contributed by atoms with van der Waals surface area (Å²) in [4.78, 5) is 10.7. The van der Waals surface area contributed by atoms with Crippen molar-refractivity contribution in [2.45, 2.75) is 33.8 Å². The predicted octanol–water partition coefficient (Wildman–Crippen LogP) is 4.49. The Labute approximate surface area is 128 Å². The SMILES string of the molecule is CCc1cccc([N+](=O)[O-])c1COc1cc(F)c(C)cc1C. The van der Waals surface area contributed by atoms with E-state index in [9.17, 15) is 14.5 Å². The van der Waals surface area contributed by atoms with E-state index in [1.165, 1.54) is 12.1 Å². The predicted molar refractivity (Wildman–Crippen MR) is 82.7 cm³/mol. The zero-order chi connectivity index (χ0) is 16.3. The monoisotopic (exact) mass is 303 g/mol. The molecule has 2 aromatic carbocycles. The molecule has 0 atom stereocenters. The van der Waals surface area contributed by atoms with Crippen LogP contribution in [0, 0.1) is 29.8 Å². The van der Waals surface area contributed by atoms with Gasteiger partial charge in [0.15, 0.2) is 0 Å². The Hall–Kier alpha value is -2.43. The van der Waals surface area contributed by atoms with E-state index in [-0.39, 0.29) is 18.1 Å². The van der Waals surface area contributed by atoms with E-state index in [0.29, 0.717) is 23.3 Å². The van der Waals surface area contributed by atoms with Crippen LogP contribution in [0.2, 0.25) is 0 Å². The Morgan fingerprint density at radius 1 is 1.23 bits per heavy atom. The quantitative estimate of drug-likeness (QED) is 0.604. The summed E-state index contributed by atoms with van der Waals surface area (Å²) >= 11 is 0. The lowest BCUT2D eigenvalue weighted by molar-refractivity contribution is -0.385. The maximum atomic E-state index is 13.6. The minimum Gasteiger partial charge on any atom is -0.488 e. The molecule has 0 radical (unpaired) electrons. The number of aryl methyl sites for hydroxylation is 3. The van der Waals surface area contributed by atoms with Crippen LogP contribution in [0.4, 0.5) is 10.1 Å². The number of hydrogen-bond acceptors (Lipinski definition) is 3. The zero-order valence-corrected chi connectivity index (χ0v) is 12.9. The van der Waals surface area contributed by atoms with E-state index in [2.05, 4.69) is 0 Å². The fraction of sp³-hybridized carbons (Fsp3) is 0.294. The first-order valence-corrected chi connectivity index (χ1v) is 7.08. The Morgan fingerprint density at radius 3 is 2.59 bits per heavy atom. The fourth-order valence-corrected chi connectivity index (χ4v) is 2.40. The van der Waals surface area contributed by atoms with Gasteiger partial charge in [0.2, 0.25) is 0 Å². The summed E-state index contributed by atoms with van der Waals surface area (Å²) < 4.78 is 19.3. The van der Waals surface area contributed by atoms with E-state index >= 15 is 0 Å². The minimum atomic E-state index is -0.416. The summed E-state index contributed by atoms with van der Waals surface area (Å²) in [6.07, 6.45) is 0.668. The van der Waals surface area contributed by atoms with Crippen molar-refractivity contribution in [3.8, 4) is 5.75 Å². The number of ether oxygens (including phenoxy) is 1. The molecule has 0 saturated carbocycles. The summed E-state index contributed by atoms with van der Waals surface area (Å²) in [6.45, 7) is 5.48. The van der Waals surface area contributed by atoms with Crippen molar-refractivity contribution in [3.05, 3.63) is 68.5 Å². The largest absolute Gasteiger partial charge is 0.488 e. The van der Waals surface area contributed by atoms with Crippen LogP contribution in [-0.2, 0) is 13.0 Å². The molecule has 0 heterocycles. The highest BCUT2D eigenvalue weighted by atomic mass is 19.1. The van der Waals surface area contributed by atoms with Crippen LogP contribution in [0.25, 0.3) is 0 Å². The lowest BCUT2D eigenvalue weighted by atomic mass is 10.0. The van der Waals surface area contributed by atoms with Gasteiger partial charge >= 0.3 is 0 Å². The van der Waals surface area contributed by atoms with Gasteiger partial charge in [-0.15, -0.1) is 0 Å². The van der Waals surface area contributed by atoms with E-state index in [0.717, 1.165) is 11.1 Å². The average molecular weight is 303 g/mol. The van der Waals surface area contributed by atoms with Crippen LogP contribution >= 0.6 is 0 Å². The Kier molecular flexibility index (Phi) is 4.75. The Morgan fingerprint density at radius 2 is 1.95 bits per heavy atom. The lowest BCUT2D eigenvalue weighted by Crippen LogP contribution is -2.05. The standard InChI is InChI=1S/C17H18FNO3/c1-4-13-6-5-7-16(19(20)21)14(13)10-22-17-9-15(18)11(2)8-12(17)3/h5-9H,4,10H2,1-3H3. The van der Waals surface area contributed by atoms with Crippen LogP contribution in [-0.4, -0.2) is 4.92 Å². The number of benzene rings is 2. The van der Waals surface area contributed by atoms with Crippen molar-refractivity contribution in [3.63, 3.8) is 0 Å². The molecule has 0 saturated heterocycles. The normalized spacial score (nSPS) is 10.5. The van der Waals surface area contributed by atoms with Crippen LogP contribution in [0.5, 0.6) is 5.75 Å². The second kappa shape index (κ2) is 6.56. The molecule has 0 fully saturated rings. The lowest BCUT2D eigenvalue weighted by Gasteiger charge is -2.13. The smallest absolute Gasteiger partial charge is 0.276 e. The van der Waals surface area contributed by atoms with Gasteiger partial charge in [-0.2, -0.15) is 0 Å². The third-order valence-electron chi connectivity index (χ3n) is 3.65. The summed E-state index contributed by atoms with van der Waals surface area (Å²) in [7, 11) is 0. The van der Waals surface area contributed by atoms with Crippen molar-refractivity contribution in [1.82, 2.24) is 0 Å². The van der Waals surface area contributed by atoms with Crippen LogP contribution < -0.4 is 4.74 Å². The van der Waals surface area contributed by atoms with Crippen LogP contribution in [0.3, 0.4) is 0 Å². The second-order valence-electron chi connectivity index (χ2n) is 5.18. The number of rotatable bonds is 5. The van der Waals surface area contributed by atoms with Crippen LogP contribution in [0.1, 0.15) is 29.2 Å². The maximum Gasteiger partial charge on any atom is 0.276 e. The van der Waals surface area contributed by atoms with E-state index < -0.39 is 4.92 Å². The first kappa shape index (κ1) is 15.9. The van der Waals surface area contributed by atoms with Gasteiger partial charge in [0, 0.05) is 12.1 Å². The molecule has 0 aromatic heterocycles. The first-order valence-electron chi connectivity index (χ1n) is 7.08. The van der Waals surface area contributed by atoms with Gasteiger partial charge in [-0.25, -0.2) is 4.39 Å². The summed E-state index contributed by atoms with van der Waals surface area (Å²) in [6, 6.07) is 7.99. The highest BCUT2D eigenvalue weighted by Crippen LogP contribution is 2.27. The molecule has 116 valence electrons. The molecule has 0 spiro atoms. The molecule has 0 aliphatic carbocycles. The molecule has 22 heavy (non-hydrogen) atoms. The van der Waals surface area contributed by atoms with Gasteiger partial charge in [0.1, 0.15) is 18.2 Å². The number of nitro groups is 1. The summed E-state index contributed by atoms with van der Waals surface area (Å²) in [5, 5.41) is 11.2. The van der Waals surface area contributed by atoms with Crippen molar-refractivity contribution < 1.29 is 14.1 Å². The molecule has 2 aromatic rings. The summed E-state index contributed by atoms with van der Waals surface area (Å²) in [5.41, 5.74) is 2.78. The zero-order valence-electron chi connectivity index (χ0n) is 12.9. The minimum absolute atomic E-state index is 0.0320. The van der Waals surface area contributed by atoms with Crippen LogP contribution in [0.15, 0.2) is 30.3 Å². The van der Waals surface area contributed by atoms with Crippen molar-refractivity contribution in [2.75, 3.05) is 0 Å². The molecule has 0 unspecified atom stereocenters. The molecule has 0 aliphatic rings. The third-order valence-corrected chi connectivity index (χ3v) is 3.65. The molecular weight excluding hydrogens is 285 g/mol. The molecule has 0 amide bonds. The fourth-order valence-electron chi connectivity index (χ4n) is 2.40. The molecular formula is C17H18FNO3. The molecule has 5 heteroatoms. The van der Waals surface area contributed by atoms with Crippen molar-refractivity contribution in [1.29, 1.82) is 0 Å². The van der Waals surface area contributed by atoms with Gasteiger partial charge in [-0.3, -0.25) is 10.1 Å². The molecule has 2 rings (SSSR count). The van der Waals surface area contributed by atoms with Crippen molar-refractivity contribution in [2.24, 2.45) is 0 Å². The number of nitrogens with zero attached hydrogens (tertiary/aromatic N) is 1. The number of nitro benzene ring substituents is 1. The number of hydrogen-bond donors (Lipinski definition) is 0. The van der Waals surface area contributed by atoms with Gasteiger partial charge < -0.3 is 4.74 Å². The van der Waals surface area contributed by atoms with Gasteiger partial charge in [0.25, 0.3) is 5.69 Å². The highest BCUT2D eigenvalue weighted by molar-refractivity contribution is 5.46. The molecule has 0 aliphatic heterocycles. The van der Waals surface area contributed by atoms with Crippen molar-refractivity contribution >= 4 is 5.69 Å². The average Bonchev–Trinajstić information content (AvgIpc) is 2.49. The molecule has 0 N–H and O–H groups in total. The topological polar surface area (TPSA) is 52.4 Å². The number of halogens is 1. The second-order valence-corrected chi connectivity index (χ2v) is 5.18. The Balaban J connectivity index is 2.32. The molecule has 0 bridgehead atoms. The van der Waals surface area contributed by atoms with Gasteiger partial charge in [-0.05, 0) is 43.0 Å². The summed E-state index contributed by atoms with van der Waals surface area (Å²) in [5.74, 6) is 0.0576. The third kappa shape index (κ3) is 3.24.